The molecule has 0 amide bonds. The molecule has 30 heavy (non-hydrogen) atoms. The van der Waals surface area contributed by atoms with Crippen molar-refractivity contribution >= 4 is 33.3 Å². The Hall–Kier alpha value is -1.71. The molecule has 4 rings (SSSR count). The van der Waals surface area contributed by atoms with E-state index in [1.807, 2.05) is 11.5 Å². The second-order valence-electron chi connectivity index (χ2n) is 7.65. The maximum atomic E-state index is 13.4. The van der Waals surface area contributed by atoms with Gasteiger partial charge in [0.05, 0.1) is 10.6 Å². The fourth-order valence-electron chi connectivity index (χ4n) is 3.79. The second kappa shape index (κ2) is 9.62. The summed E-state index contributed by atoms with van der Waals surface area (Å²) in [5, 5.41) is 5.55. The number of methoxy groups -OCH3 is 1. The second-order valence-corrected chi connectivity index (χ2v) is 10.0. The van der Waals surface area contributed by atoms with Crippen LogP contribution in [0, 0.1) is 0 Å². The van der Waals surface area contributed by atoms with Crippen molar-refractivity contribution in [3.05, 3.63) is 32.5 Å². The van der Waals surface area contributed by atoms with E-state index in [2.05, 4.69) is 17.1 Å². The van der Waals surface area contributed by atoms with Gasteiger partial charge in [-0.15, -0.1) is 11.3 Å². The maximum Gasteiger partial charge on any atom is 0.263 e. The molecule has 1 aliphatic carbocycles. The van der Waals surface area contributed by atoms with Gasteiger partial charge in [-0.05, 0) is 44.6 Å². The number of ether oxygens (including phenoxy) is 1. The lowest BCUT2D eigenvalue weighted by atomic mass is 10.2. The summed E-state index contributed by atoms with van der Waals surface area (Å²) in [4.78, 5) is 25.1. The zero-order valence-electron chi connectivity index (χ0n) is 17.8. The van der Waals surface area contributed by atoms with Gasteiger partial charge >= 0.3 is 0 Å². The third-order valence-corrected chi connectivity index (χ3v) is 7.65. The molecular weight excluding hydrogens is 420 g/mol. The molecule has 0 saturated carbocycles. The highest BCUT2D eigenvalue weighted by molar-refractivity contribution is 7.99. The highest BCUT2D eigenvalue weighted by Gasteiger charge is 2.25. The van der Waals surface area contributed by atoms with Gasteiger partial charge in [-0.1, -0.05) is 30.3 Å². The van der Waals surface area contributed by atoms with E-state index in [-0.39, 0.29) is 10.8 Å². The van der Waals surface area contributed by atoms with E-state index in [0.29, 0.717) is 24.2 Å². The summed E-state index contributed by atoms with van der Waals surface area (Å²) in [6.45, 7) is 5.35. The van der Waals surface area contributed by atoms with Crippen LogP contribution < -0.4 is 5.56 Å². The van der Waals surface area contributed by atoms with Gasteiger partial charge < -0.3 is 9.26 Å². The Labute approximate surface area is 184 Å². The van der Waals surface area contributed by atoms with E-state index in [1.165, 1.54) is 22.2 Å². The zero-order valence-corrected chi connectivity index (χ0v) is 19.4. The number of fused-ring (bicyclic) bond motifs is 3. The first-order chi connectivity index (χ1) is 14.6. The van der Waals surface area contributed by atoms with Crippen LogP contribution >= 0.6 is 23.1 Å². The molecule has 0 saturated heterocycles. The third kappa shape index (κ3) is 4.33. The van der Waals surface area contributed by atoms with Gasteiger partial charge in [0.1, 0.15) is 4.83 Å². The quantitative estimate of drug-likeness (QED) is 0.255. The van der Waals surface area contributed by atoms with Crippen LogP contribution in [-0.4, -0.2) is 33.4 Å². The lowest BCUT2D eigenvalue weighted by Gasteiger charge is -2.14. The Balaban J connectivity index is 1.65. The van der Waals surface area contributed by atoms with Crippen molar-refractivity contribution in [1.29, 1.82) is 0 Å². The van der Waals surface area contributed by atoms with E-state index in [9.17, 15) is 4.79 Å². The van der Waals surface area contributed by atoms with Crippen LogP contribution in [0.5, 0.6) is 0 Å². The Bertz CT molecular complexity index is 1070. The summed E-state index contributed by atoms with van der Waals surface area (Å²) in [5.41, 5.74) is 1.29. The molecule has 0 aliphatic heterocycles. The van der Waals surface area contributed by atoms with Gasteiger partial charge in [0.2, 0.25) is 5.89 Å². The average molecular weight is 449 g/mol. The average Bonchev–Trinajstić information content (AvgIpc) is 3.44. The SMILES string of the molecule is CCCCc1noc([C@@H](C)Sc2nc3sc4c(c3c(=O)n2CCCOC)CCC4)n1. The maximum absolute atomic E-state index is 13.4. The molecule has 7 nitrogen and oxygen atoms in total. The van der Waals surface area contributed by atoms with Crippen molar-refractivity contribution < 1.29 is 9.26 Å². The number of hydrogen-bond donors (Lipinski definition) is 0. The number of aryl methyl sites for hydroxylation is 3. The van der Waals surface area contributed by atoms with Gasteiger partial charge in [-0.25, -0.2) is 4.98 Å². The molecule has 1 atom stereocenters. The molecule has 3 aromatic rings. The minimum absolute atomic E-state index is 0.0689. The predicted molar refractivity (Wildman–Crippen MR) is 120 cm³/mol. The molecule has 0 radical (unpaired) electrons. The predicted octanol–water partition coefficient (Wildman–Crippen LogP) is 4.56. The summed E-state index contributed by atoms with van der Waals surface area (Å²) in [6, 6.07) is 0. The number of hydrogen-bond acceptors (Lipinski definition) is 8. The third-order valence-electron chi connectivity index (χ3n) is 5.39. The minimum atomic E-state index is -0.0855. The van der Waals surface area contributed by atoms with E-state index in [1.54, 1.807) is 18.4 Å². The van der Waals surface area contributed by atoms with Crippen LogP contribution in [0.25, 0.3) is 10.2 Å². The van der Waals surface area contributed by atoms with E-state index in [4.69, 9.17) is 14.2 Å². The van der Waals surface area contributed by atoms with Gasteiger partial charge in [0, 0.05) is 31.6 Å². The first-order valence-corrected chi connectivity index (χ1v) is 12.3. The first kappa shape index (κ1) is 21.5. The van der Waals surface area contributed by atoms with Crippen LogP contribution in [0.15, 0.2) is 14.5 Å². The zero-order chi connectivity index (χ0) is 21.1. The van der Waals surface area contributed by atoms with Crippen molar-refractivity contribution in [2.75, 3.05) is 13.7 Å². The van der Waals surface area contributed by atoms with Crippen LogP contribution in [-0.2, 0) is 30.5 Å². The number of aromatic nitrogens is 4. The van der Waals surface area contributed by atoms with Gasteiger partial charge in [0.25, 0.3) is 5.56 Å². The summed E-state index contributed by atoms with van der Waals surface area (Å²) in [5.74, 6) is 1.33. The molecule has 0 N–H and O–H groups in total. The molecule has 3 aromatic heterocycles. The molecule has 3 heterocycles. The fourth-order valence-corrected chi connectivity index (χ4v) is 6.06. The molecule has 1 aliphatic rings. The van der Waals surface area contributed by atoms with Gasteiger partial charge in [-0.2, -0.15) is 4.98 Å². The Morgan fingerprint density at radius 1 is 1.30 bits per heavy atom. The summed E-state index contributed by atoms with van der Waals surface area (Å²) in [7, 11) is 1.68. The van der Waals surface area contributed by atoms with Crippen molar-refractivity contribution in [1.82, 2.24) is 19.7 Å². The summed E-state index contributed by atoms with van der Waals surface area (Å²) in [6.07, 6.45) is 6.89. The number of thiophene rings is 1. The molecule has 0 unspecified atom stereocenters. The van der Waals surface area contributed by atoms with Crippen molar-refractivity contribution in [2.24, 2.45) is 0 Å². The Morgan fingerprint density at radius 3 is 2.97 bits per heavy atom. The lowest BCUT2D eigenvalue weighted by Crippen LogP contribution is -2.24. The van der Waals surface area contributed by atoms with Crippen molar-refractivity contribution in [3.8, 4) is 0 Å². The topological polar surface area (TPSA) is 83.0 Å². The summed E-state index contributed by atoms with van der Waals surface area (Å²) >= 11 is 3.18. The van der Waals surface area contributed by atoms with Crippen LogP contribution in [0.3, 0.4) is 0 Å². The largest absolute Gasteiger partial charge is 0.385 e. The van der Waals surface area contributed by atoms with Crippen LogP contribution in [0.2, 0.25) is 0 Å². The Kier molecular flexibility index (Phi) is 6.90. The highest BCUT2D eigenvalue weighted by atomic mass is 32.2. The smallest absolute Gasteiger partial charge is 0.263 e. The fraction of sp³-hybridized carbons (Fsp3) is 0.619. The lowest BCUT2D eigenvalue weighted by molar-refractivity contribution is 0.189. The molecule has 0 bridgehead atoms. The molecule has 0 spiro atoms. The molecule has 9 heteroatoms. The summed E-state index contributed by atoms with van der Waals surface area (Å²) < 4.78 is 12.5. The molecule has 0 fully saturated rings. The van der Waals surface area contributed by atoms with E-state index in [0.717, 1.165) is 61.0 Å². The molecule has 162 valence electrons. The van der Waals surface area contributed by atoms with E-state index < -0.39 is 0 Å². The number of nitrogens with zero attached hydrogens (tertiary/aromatic N) is 4. The Morgan fingerprint density at radius 2 is 2.17 bits per heavy atom. The van der Waals surface area contributed by atoms with Gasteiger partial charge in [-0.3, -0.25) is 9.36 Å². The van der Waals surface area contributed by atoms with E-state index >= 15 is 0 Å². The van der Waals surface area contributed by atoms with Gasteiger partial charge in [0.15, 0.2) is 11.0 Å². The standard InChI is InChI=1S/C21H28N4O3S2/c1-4-5-10-16-22-18(28-24-16)13(2)29-21-23-19-17(14-8-6-9-15(14)30-19)20(26)25(21)11-7-12-27-3/h13H,4-12H2,1-3H3/t13-/m1/s1. The van der Waals surface area contributed by atoms with Crippen LogP contribution in [0.4, 0.5) is 0 Å². The number of thioether (sulfide) groups is 1. The van der Waals surface area contributed by atoms with Crippen molar-refractivity contribution in [2.45, 2.75) is 75.7 Å². The van der Waals surface area contributed by atoms with Crippen molar-refractivity contribution in [3.63, 3.8) is 0 Å². The normalized spacial score (nSPS) is 14.5. The molecule has 0 aromatic carbocycles. The first-order valence-electron chi connectivity index (χ1n) is 10.7. The van der Waals surface area contributed by atoms with Crippen LogP contribution in [0.1, 0.15) is 66.9 Å². The molecular formula is C21H28N4O3S2. The monoisotopic (exact) mass is 448 g/mol. The number of rotatable bonds is 10. The highest BCUT2D eigenvalue weighted by Crippen LogP contribution is 2.38. The minimum Gasteiger partial charge on any atom is -0.385 e. The number of unbranched alkanes of at least 4 members (excludes halogenated alkanes) is 1.